The van der Waals surface area contributed by atoms with Crippen LogP contribution in [0.4, 0.5) is 0 Å². The maximum absolute atomic E-state index is 7.39. The van der Waals surface area contributed by atoms with Gasteiger partial charge < -0.3 is 8.23 Å². The first-order chi connectivity index (χ1) is 12.4. The molecule has 0 spiro atoms. The van der Waals surface area contributed by atoms with Gasteiger partial charge in [-0.1, -0.05) is 104 Å². The van der Waals surface area contributed by atoms with Crippen molar-refractivity contribution < 1.29 is 8.23 Å². The molecule has 0 unspecified atom stereocenters. The van der Waals surface area contributed by atoms with Crippen LogP contribution in [0.25, 0.3) is 0 Å². The van der Waals surface area contributed by atoms with Crippen LogP contribution in [0.2, 0.25) is 39.3 Å². The fraction of sp³-hybridized carbons (Fsp3) is 1.00. The number of hydrogen-bond donors (Lipinski definition) is 0. The van der Waals surface area contributed by atoms with Gasteiger partial charge in [-0.05, 0) is 44.7 Å². The summed E-state index contributed by atoms with van der Waals surface area (Å²) < 4.78 is 14.8. The van der Waals surface area contributed by atoms with E-state index in [0.717, 1.165) is 6.04 Å². The fourth-order valence-corrected chi connectivity index (χ4v) is 26.3. The molecule has 0 aliphatic rings. The van der Waals surface area contributed by atoms with Gasteiger partial charge in [-0.3, -0.25) is 0 Å². The van der Waals surface area contributed by atoms with Gasteiger partial charge >= 0.3 is 9.28 Å². The minimum absolute atomic E-state index is 0.243. The van der Waals surface area contributed by atoms with Crippen molar-refractivity contribution in [3.8, 4) is 0 Å². The lowest BCUT2D eigenvalue weighted by Crippen LogP contribution is -2.58. The largest absolute Gasteiger partial charge is 0.437 e. The lowest BCUT2D eigenvalue weighted by Gasteiger charge is -2.50. The Morgan fingerprint density at radius 3 is 0.893 bits per heavy atom. The van der Waals surface area contributed by atoms with Gasteiger partial charge in [0.05, 0.1) is 0 Å². The molecule has 0 heterocycles. The summed E-state index contributed by atoms with van der Waals surface area (Å²) >= 11 is 0. The minimum Gasteiger partial charge on any atom is -0.437 e. The van der Waals surface area contributed by atoms with E-state index in [1.807, 2.05) is 0 Å². The molecule has 0 fully saturated rings. The van der Waals surface area contributed by atoms with Gasteiger partial charge in [-0.25, -0.2) is 0 Å². The second-order valence-corrected chi connectivity index (χ2v) is 25.6. The van der Waals surface area contributed by atoms with Crippen LogP contribution in [-0.4, -0.2) is 25.9 Å². The third-order valence-electron chi connectivity index (χ3n) is 6.86. The Labute approximate surface area is 182 Å². The molecule has 0 N–H and O–H groups in total. The van der Waals surface area contributed by atoms with E-state index in [-0.39, 0.29) is 5.41 Å². The highest BCUT2D eigenvalue weighted by Crippen LogP contribution is 2.47. The van der Waals surface area contributed by atoms with Crippen molar-refractivity contribution in [3.63, 3.8) is 0 Å². The zero-order valence-electron chi connectivity index (χ0n) is 22.1. The predicted molar refractivity (Wildman–Crippen MR) is 136 cm³/mol. The van der Waals surface area contributed by atoms with Crippen molar-refractivity contribution in [1.82, 2.24) is 0 Å². The highest BCUT2D eigenvalue weighted by Gasteiger charge is 2.51. The van der Waals surface area contributed by atoms with Crippen molar-refractivity contribution in [2.45, 2.75) is 143 Å². The molecule has 2 nitrogen and oxygen atoms in total. The third-order valence-corrected chi connectivity index (χ3v) is 24.6. The molecule has 0 bridgehead atoms. The van der Waals surface area contributed by atoms with E-state index >= 15 is 0 Å². The summed E-state index contributed by atoms with van der Waals surface area (Å²) in [5.74, 6) is 0. The van der Waals surface area contributed by atoms with Crippen molar-refractivity contribution in [2.75, 3.05) is 0 Å². The maximum atomic E-state index is 7.39. The summed E-state index contributed by atoms with van der Waals surface area (Å²) in [5, 5.41) is 0. The van der Waals surface area contributed by atoms with E-state index < -0.39 is 25.9 Å². The Hall–Kier alpha value is 0.571. The summed E-state index contributed by atoms with van der Waals surface area (Å²) in [6.07, 6.45) is 0. The molecule has 0 radical (unpaired) electrons. The Morgan fingerprint density at radius 2 is 0.750 bits per heavy atom. The van der Waals surface area contributed by atoms with Crippen LogP contribution in [0.1, 0.15) is 104 Å². The average Bonchev–Trinajstić information content (AvgIpc) is 2.45. The Kier molecular flexibility index (Phi) is 11.0. The number of rotatable bonds is 11. The lowest BCUT2D eigenvalue weighted by atomic mass is 10.0. The van der Waals surface area contributed by atoms with Gasteiger partial charge in [-0.2, -0.15) is 0 Å². The topological polar surface area (TPSA) is 18.5 Å². The first-order valence-electron chi connectivity index (χ1n) is 11.8. The molecule has 0 aromatic carbocycles. The van der Waals surface area contributed by atoms with Crippen LogP contribution in [0, 0.1) is 5.41 Å². The molecular weight excluding hydrogens is 393 g/mol. The zero-order valence-corrected chi connectivity index (χ0v) is 25.2. The molecule has 0 amide bonds. The molecule has 0 atom stereocenters. The van der Waals surface area contributed by atoms with Crippen LogP contribution in [0.15, 0.2) is 0 Å². The first kappa shape index (κ1) is 28.6. The standard InChI is InChI=1S/C23H54O2Si3/c1-17(2)27(18(3)4,19(5)6)24-26(16-23(13,14)15)25-28(20(7)8,21(9)10)22(11)12/h17-22,26H,16H2,1-15H3. The molecule has 0 aromatic rings. The van der Waals surface area contributed by atoms with E-state index in [1.54, 1.807) is 0 Å². The summed E-state index contributed by atoms with van der Waals surface area (Å²) in [5.41, 5.74) is 3.91. The van der Waals surface area contributed by atoms with Gasteiger partial charge in [0.2, 0.25) is 0 Å². The van der Waals surface area contributed by atoms with Gasteiger partial charge in [0, 0.05) is 0 Å². The molecule has 0 aliphatic heterocycles. The fourth-order valence-electron chi connectivity index (χ4n) is 5.88. The SMILES string of the molecule is CC(C)[Si](O[SiH](CC(C)(C)C)O[Si](C(C)C)(C(C)C)C(C)C)(C(C)C)C(C)C. The molecule has 170 valence electrons. The molecule has 0 saturated carbocycles. The van der Waals surface area contributed by atoms with Crippen LogP contribution >= 0.6 is 0 Å². The highest BCUT2D eigenvalue weighted by molar-refractivity contribution is 6.87. The second kappa shape index (κ2) is 10.7. The summed E-state index contributed by atoms with van der Waals surface area (Å²) in [6.45, 7) is 35.8. The van der Waals surface area contributed by atoms with Gasteiger partial charge in [-0.15, -0.1) is 0 Å². The minimum atomic E-state index is -1.94. The van der Waals surface area contributed by atoms with Crippen molar-refractivity contribution in [2.24, 2.45) is 5.41 Å². The average molecular weight is 447 g/mol. The van der Waals surface area contributed by atoms with E-state index in [1.165, 1.54) is 0 Å². The quantitative estimate of drug-likeness (QED) is 0.295. The number of hydrogen-bond acceptors (Lipinski definition) is 2. The van der Waals surface area contributed by atoms with Crippen molar-refractivity contribution in [3.05, 3.63) is 0 Å². The van der Waals surface area contributed by atoms with Gasteiger partial charge in [0.15, 0.2) is 16.6 Å². The zero-order chi connectivity index (χ0) is 22.7. The summed E-state index contributed by atoms with van der Waals surface area (Å²) in [7, 11) is -5.69. The third kappa shape index (κ3) is 6.53. The van der Waals surface area contributed by atoms with E-state index in [4.69, 9.17) is 8.23 Å². The molecular formula is C23H54O2Si3. The van der Waals surface area contributed by atoms with Crippen LogP contribution in [0.3, 0.4) is 0 Å². The van der Waals surface area contributed by atoms with Gasteiger partial charge in [0.25, 0.3) is 0 Å². The highest BCUT2D eigenvalue weighted by atomic mass is 28.4. The molecule has 0 saturated heterocycles. The van der Waals surface area contributed by atoms with Gasteiger partial charge in [0.1, 0.15) is 0 Å². The molecule has 28 heavy (non-hydrogen) atoms. The first-order valence-corrected chi connectivity index (χ1v) is 17.8. The molecule has 5 heteroatoms. The Balaban J connectivity index is 6.27. The van der Waals surface area contributed by atoms with E-state index in [9.17, 15) is 0 Å². The summed E-state index contributed by atoms with van der Waals surface area (Å²) in [4.78, 5) is 0. The lowest BCUT2D eigenvalue weighted by molar-refractivity contribution is 0.333. The monoisotopic (exact) mass is 446 g/mol. The Bertz CT molecular complexity index is 374. The van der Waals surface area contributed by atoms with Crippen LogP contribution in [-0.2, 0) is 8.23 Å². The predicted octanol–water partition coefficient (Wildman–Crippen LogP) is 8.64. The molecule has 0 aliphatic carbocycles. The van der Waals surface area contributed by atoms with Crippen LogP contribution in [0.5, 0.6) is 0 Å². The molecule has 0 aromatic heterocycles. The summed E-state index contributed by atoms with van der Waals surface area (Å²) in [6, 6.07) is 1.11. The van der Waals surface area contributed by atoms with Crippen molar-refractivity contribution in [1.29, 1.82) is 0 Å². The Morgan fingerprint density at radius 1 is 0.536 bits per heavy atom. The molecule has 0 rings (SSSR count). The normalized spacial score (nSPS) is 14.8. The second-order valence-electron chi connectivity index (χ2n) is 12.1. The van der Waals surface area contributed by atoms with Crippen LogP contribution < -0.4 is 0 Å². The smallest absolute Gasteiger partial charge is 0.301 e. The van der Waals surface area contributed by atoms with E-state index in [0.29, 0.717) is 33.2 Å². The maximum Gasteiger partial charge on any atom is 0.301 e. The van der Waals surface area contributed by atoms with E-state index in [2.05, 4.69) is 104 Å². The van der Waals surface area contributed by atoms with Crippen molar-refractivity contribution >= 4 is 25.9 Å².